The van der Waals surface area contributed by atoms with Crippen LogP contribution in [0.5, 0.6) is 0 Å². The van der Waals surface area contributed by atoms with Gasteiger partial charge >= 0.3 is 29.6 Å². The Kier molecular flexibility index (Phi) is 6.39. The van der Waals surface area contributed by atoms with E-state index in [0.717, 1.165) is 31.3 Å². The van der Waals surface area contributed by atoms with E-state index < -0.39 is 5.97 Å². The van der Waals surface area contributed by atoms with Crippen molar-refractivity contribution in [3.63, 3.8) is 0 Å². The van der Waals surface area contributed by atoms with Crippen LogP contribution in [0.15, 0.2) is 23.3 Å². The van der Waals surface area contributed by atoms with Gasteiger partial charge in [-0.15, -0.1) is 0 Å². The third-order valence-electron chi connectivity index (χ3n) is 1.99. The number of allylic oxidation sites excluding steroid dienone is 2. The summed E-state index contributed by atoms with van der Waals surface area (Å²) in [6.07, 6.45) is 7.40. The van der Waals surface area contributed by atoms with Gasteiger partial charge in [0.15, 0.2) is 0 Å². The topological polar surface area (TPSA) is 40.1 Å². The molecule has 66 valence electrons. The van der Waals surface area contributed by atoms with Gasteiger partial charge in [0, 0.05) is 0 Å². The standard InChI is InChI=1S/C10H14O2.Na/c1-2-5-8-6-3-4-7-9(8)10(11)12;/h6-7H,2-5H2,1H3,(H,11,12);/q;+1/p-1. The molecule has 0 unspecified atom stereocenters. The number of carbonyl (C=O) groups is 1. The molecule has 1 aliphatic rings. The normalized spacial score (nSPS) is 15.5. The molecule has 0 fully saturated rings. The molecule has 2 nitrogen and oxygen atoms in total. The van der Waals surface area contributed by atoms with E-state index in [0.29, 0.717) is 5.57 Å². The number of carbonyl (C=O) groups excluding carboxylic acids is 1. The quantitative estimate of drug-likeness (QED) is 0.490. The second-order valence-corrected chi connectivity index (χ2v) is 2.96. The second kappa shape index (κ2) is 6.41. The molecule has 0 aromatic carbocycles. The second-order valence-electron chi connectivity index (χ2n) is 2.96. The van der Waals surface area contributed by atoms with Crippen LogP contribution < -0.4 is 34.7 Å². The molecule has 0 saturated carbocycles. The van der Waals surface area contributed by atoms with Crippen molar-refractivity contribution >= 4 is 5.97 Å². The molecule has 0 N–H and O–H groups in total. The number of carboxylic acids is 1. The maximum absolute atomic E-state index is 10.6. The molecule has 1 rings (SSSR count). The maximum atomic E-state index is 10.6. The monoisotopic (exact) mass is 188 g/mol. The Morgan fingerprint density at radius 2 is 2.08 bits per heavy atom. The number of carboxylic acid groups (broad SMARTS) is 1. The van der Waals surface area contributed by atoms with Gasteiger partial charge < -0.3 is 9.90 Å². The first-order valence-electron chi connectivity index (χ1n) is 4.36. The molecule has 0 bridgehead atoms. The van der Waals surface area contributed by atoms with E-state index in [-0.39, 0.29) is 29.6 Å². The van der Waals surface area contributed by atoms with E-state index in [1.807, 2.05) is 13.0 Å². The third kappa shape index (κ3) is 3.67. The molecule has 0 aromatic rings. The van der Waals surface area contributed by atoms with Gasteiger partial charge in [-0.25, -0.2) is 0 Å². The molecular formula is C10H13NaO2. The van der Waals surface area contributed by atoms with Gasteiger partial charge in [0.05, 0.1) is 5.97 Å². The largest absolute Gasteiger partial charge is 1.00 e. The van der Waals surface area contributed by atoms with Gasteiger partial charge in [0.2, 0.25) is 0 Å². The van der Waals surface area contributed by atoms with Crippen LogP contribution in [0.4, 0.5) is 0 Å². The van der Waals surface area contributed by atoms with Gasteiger partial charge in [0.25, 0.3) is 0 Å². The van der Waals surface area contributed by atoms with Crippen LogP contribution in [0.25, 0.3) is 0 Å². The molecule has 1 aliphatic carbocycles. The Balaban J connectivity index is 0.00000144. The van der Waals surface area contributed by atoms with Crippen molar-refractivity contribution in [2.24, 2.45) is 0 Å². The molecule has 0 aromatic heterocycles. The molecule has 0 aliphatic heterocycles. The van der Waals surface area contributed by atoms with Crippen LogP contribution in [0.1, 0.15) is 32.6 Å². The summed E-state index contributed by atoms with van der Waals surface area (Å²) < 4.78 is 0. The fourth-order valence-electron chi connectivity index (χ4n) is 1.45. The minimum Gasteiger partial charge on any atom is -0.545 e. The van der Waals surface area contributed by atoms with E-state index in [2.05, 4.69) is 0 Å². The summed E-state index contributed by atoms with van der Waals surface area (Å²) in [6.45, 7) is 2.04. The fourth-order valence-corrected chi connectivity index (χ4v) is 1.45. The van der Waals surface area contributed by atoms with Crippen molar-refractivity contribution in [1.29, 1.82) is 0 Å². The van der Waals surface area contributed by atoms with Gasteiger partial charge in [-0.05, 0) is 30.4 Å². The van der Waals surface area contributed by atoms with Crippen molar-refractivity contribution in [3.8, 4) is 0 Å². The Bertz CT molecular complexity index is 241. The van der Waals surface area contributed by atoms with Crippen LogP contribution in [-0.2, 0) is 4.79 Å². The van der Waals surface area contributed by atoms with Gasteiger partial charge in [0.1, 0.15) is 0 Å². The summed E-state index contributed by atoms with van der Waals surface area (Å²) in [4.78, 5) is 10.6. The molecule has 0 atom stereocenters. The third-order valence-corrected chi connectivity index (χ3v) is 1.99. The molecule has 13 heavy (non-hydrogen) atoms. The predicted molar refractivity (Wildman–Crippen MR) is 45.3 cm³/mol. The molecule has 3 heteroatoms. The zero-order valence-electron chi connectivity index (χ0n) is 8.30. The Labute approximate surface area is 101 Å². The van der Waals surface area contributed by atoms with Crippen molar-refractivity contribution in [2.75, 3.05) is 0 Å². The average Bonchev–Trinajstić information content (AvgIpc) is 2.05. The molecule has 0 spiro atoms. The molecule has 0 heterocycles. The number of hydrogen-bond donors (Lipinski definition) is 0. The van der Waals surface area contributed by atoms with Crippen LogP contribution >= 0.6 is 0 Å². The minimum atomic E-state index is -1.03. The number of rotatable bonds is 3. The first kappa shape index (κ1) is 12.9. The van der Waals surface area contributed by atoms with Crippen LogP contribution in [0.3, 0.4) is 0 Å². The van der Waals surface area contributed by atoms with Gasteiger partial charge in [-0.2, -0.15) is 0 Å². The Morgan fingerprint density at radius 1 is 1.46 bits per heavy atom. The Morgan fingerprint density at radius 3 is 2.62 bits per heavy atom. The summed E-state index contributed by atoms with van der Waals surface area (Å²) in [5.74, 6) is -1.03. The maximum Gasteiger partial charge on any atom is 1.00 e. The van der Waals surface area contributed by atoms with Crippen molar-refractivity contribution in [2.45, 2.75) is 32.6 Å². The van der Waals surface area contributed by atoms with E-state index in [4.69, 9.17) is 0 Å². The minimum absolute atomic E-state index is 0. The Hall–Kier alpha value is -0.0500. The molecule has 0 amide bonds. The summed E-state index contributed by atoms with van der Waals surface area (Å²) in [7, 11) is 0. The van der Waals surface area contributed by atoms with Gasteiger partial charge in [-0.1, -0.05) is 25.5 Å². The fraction of sp³-hybridized carbons (Fsp3) is 0.500. The van der Waals surface area contributed by atoms with Crippen molar-refractivity contribution in [1.82, 2.24) is 0 Å². The van der Waals surface area contributed by atoms with E-state index >= 15 is 0 Å². The van der Waals surface area contributed by atoms with E-state index in [1.165, 1.54) is 0 Å². The van der Waals surface area contributed by atoms with Crippen molar-refractivity contribution < 1.29 is 39.5 Å². The van der Waals surface area contributed by atoms with E-state index in [1.54, 1.807) is 6.08 Å². The SMILES string of the molecule is CCCC1=CCCC=C1C(=O)[O-].[Na+]. The number of hydrogen-bond acceptors (Lipinski definition) is 2. The summed E-state index contributed by atoms with van der Waals surface area (Å²) >= 11 is 0. The number of aliphatic carboxylic acids is 1. The average molecular weight is 188 g/mol. The summed E-state index contributed by atoms with van der Waals surface area (Å²) in [5, 5.41) is 10.6. The first-order valence-corrected chi connectivity index (χ1v) is 4.36. The van der Waals surface area contributed by atoms with Gasteiger partial charge in [-0.3, -0.25) is 0 Å². The summed E-state index contributed by atoms with van der Waals surface area (Å²) in [5.41, 5.74) is 1.35. The molecule has 0 radical (unpaired) electrons. The van der Waals surface area contributed by atoms with E-state index in [9.17, 15) is 9.90 Å². The van der Waals surface area contributed by atoms with Crippen molar-refractivity contribution in [3.05, 3.63) is 23.3 Å². The smallest absolute Gasteiger partial charge is 0.545 e. The zero-order valence-corrected chi connectivity index (χ0v) is 10.3. The summed E-state index contributed by atoms with van der Waals surface area (Å²) in [6, 6.07) is 0. The van der Waals surface area contributed by atoms with Crippen LogP contribution in [-0.4, -0.2) is 5.97 Å². The molecular weight excluding hydrogens is 175 g/mol. The molecule has 0 saturated heterocycles. The van der Waals surface area contributed by atoms with Crippen LogP contribution in [0, 0.1) is 0 Å². The predicted octanol–water partition coefficient (Wildman–Crippen LogP) is -1.81. The first-order chi connectivity index (χ1) is 5.75. The zero-order chi connectivity index (χ0) is 8.97. The van der Waals surface area contributed by atoms with Crippen LogP contribution in [0.2, 0.25) is 0 Å².